The van der Waals surface area contributed by atoms with E-state index in [1.165, 1.54) is 12.1 Å². The maximum atomic E-state index is 13.1. The molecule has 0 saturated heterocycles. The summed E-state index contributed by atoms with van der Waals surface area (Å²) in [6, 6.07) is 9.61. The van der Waals surface area contributed by atoms with Crippen LogP contribution in [0.15, 0.2) is 36.4 Å². The van der Waals surface area contributed by atoms with Gasteiger partial charge in [0.05, 0.1) is 16.1 Å². The van der Waals surface area contributed by atoms with Crippen molar-refractivity contribution in [2.24, 2.45) is 5.84 Å². The van der Waals surface area contributed by atoms with Crippen molar-refractivity contribution in [3.05, 3.63) is 69.0 Å². The molecular formula is C14H13Cl2FN2. The van der Waals surface area contributed by atoms with Gasteiger partial charge in [0.2, 0.25) is 0 Å². The smallest absolute Gasteiger partial charge is 0.123 e. The SMILES string of the molecule is Cc1cc(F)ccc1C(NN)c1ccc(Cl)c(Cl)c1. The van der Waals surface area contributed by atoms with E-state index in [9.17, 15) is 4.39 Å². The molecule has 0 radical (unpaired) electrons. The van der Waals surface area contributed by atoms with Crippen LogP contribution in [0.3, 0.4) is 0 Å². The number of hydrogen-bond donors (Lipinski definition) is 2. The van der Waals surface area contributed by atoms with Crippen LogP contribution in [0, 0.1) is 12.7 Å². The Labute approximate surface area is 121 Å². The normalized spacial score (nSPS) is 12.5. The first-order valence-corrected chi connectivity index (χ1v) is 6.45. The third-order valence-corrected chi connectivity index (χ3v) is 3.73. The highest BCUT2D eigenvalue weighted by molar-refractivity contribution is 6.42. The number of hydrazine groups is 1. The van der Waals surface area contributed by atoms with E-state index < -0.39 is 0 Å². The molecule has 19 heavy (non-hydrogen) atoms. The third kappa shape index (κ3) is 3.07. The Hall–Kier alpha value is -1.13. The number of nitrogens with two attached hydrogens (primary N) is 1. The molecule has 1 unspecified atom stereocenters. The Morgan fingerprint density at radius 1 is 1.11 bits per heavy atom. The van der Waals surface area contributed by atoms with Crippen LogP contribution in [0.5, 0.6) is 0 Å². The molecule has 2 rings (SSSR count). The average Bonchev–Trinajstić information content (AvgIpc) is 2.37. The second-order valence-electron chi connectivity index (χ2n) is 4.27. The summed E-state index contributed by atoms with van der Waals surface area (Å²) in [5.41, 5.74) is 5.29. The van der Waals surface area contributed by atoms with E-state index in [4.69, 9.17) is 29.0 Å². The highest BCUT2D eigenvalue weighted by Crippen LogP contribution is 2.30. The quantitative estimate of drug-likeness (QED) is 0.664. The standard InChI is InChI=1S/C14H13Cl2FN2/c1-8-6-10(17)3-4-11(8)14(19-18)9-2-5-12(15)13(16)7-9/h2-7,14,19H,18H2,1H3. The van der Waals surface area contributed by atoms with Gasteiger partial charge in [-0.1, -0.05) is 35.3 Å². The number of aryl methyl sites for hydroxylation is 1. The first kappa shape index (κ1) is 14.3. The predicted octanol–water partition coefficient (Wildman–Crippen LogP) is 3.99. The van der Waals surface area contributed by atoms with Gasteiger partial charge < -0.3 is 0 Å². The zero-order valence-electron chi connectivity index (χ0n) is 10.3. The summed E-state index contributed by atoms with van der Waals surface area (Å²) in [6.07, 6.45) is 0. The summed E-state index contributed by atoms with van der Waals surface area (Å²) < 4.78 is 13.1. The van der Waals surface area contributed by atoms with Gasteiger partial charge >= 0.3 is 0 Å². The van der Waals surface area contributed by atoms with Crippen molar-refractivity contribution in [2.75, 3.05) is 0 Å². The Morgan fingerprint density at radius 3 is 2.42 bits per heavy atom. The Balaban J connectivity index is 2.46. The van der Waals surface area contributed by atoms with Gasteiger partial charge in [-0.15, -0.1) is 0 Å². The fourth-order valence-electron chi connectivity index (χ4n) is 2.02. The van der Waals surface area contributed by atoms with Gasteiger partial charge in [0, 0.05) is 0 Å². The lowest BCUT2D eigenvalue weighted by molar-refractivity contribution is 0.612. The van der Waals surface area contributed by atoms with Crippen molar-refractivity contribution >= 4 is 23.2 Å². The van der Waals surface area contributed by atoms with Crippen LogP contribution in [0.1, 0.15) is 22.7 Å². The topological polar surface area (TPSA) is 38.0 Å². The van der Waals surface area contributed by atoms with Crippen LogP contribution < -0.4 is 11.3 Å². The monoisotopic (exact) mass is 298 g/mol. The number of halogens is 3. The fraction of sp³-hybridized carbons (Fsp3) is 0.143. The van der Waals surface area contributed by atoms with E-state index in [0.29, 0.717) is 10.0 Å². The second-order valence-corrected chi connectivity index (χ2v) is 5.09. The minimum atomic E-state index is -0.272. The number of rotatable bonds is 3. The van der Waals surface area contributed by atoms with Crippen molar-refractivity contribution in [3.63, 3.8) is 0 Å². The second kappa shape index (κ2) is 5.88. The number of benzene rings is 2. The van der Waals surface area contributed by atoms with Crippen molar-refractivity contribution in [1.29, 1.82) is 0 Å². The van der Waals surface area contributed by atoms with Crippen LogP contribution in [-0.4, -0.2) is 0 Å². The molecule has 0 saturated carbocycles. The predicted molar refractivity (Wildman–Crippen MR) is 76.8 cm³/mol. The summed E-state index contributed by atoms with van der Waals surface area (Å²) in [6.45, 7) is 1.83. The lowest BCUT2D eigenvalue weighted by Crippen LogP contribution is -2.29. The third-order valence-electron chi connectivity index (χ3n) is 2.99. The summed E-state index contributed by atoms with van der Waals surface area (Å²) >= 11 is 11.9. The van der Waals surface area contributed by atoms with Crippen molar-refractivity contribution in [3.8, 4) is 0 Å². The van der Waals surface area contributed by atoms with E-state index >= 15 is 0 Å². The molecule has 1 atom stereocenters. The van der Waals surface area contributed by atoms with Crippen LogP contribution in [0.4, 0.5) is 4.39 Å². The molecule has 0 aliphatic rings. The minimum absolute atomic E-state index is 0.268. The average molecular weight is 299 g/mol. The Kier molecular flexibility index (Phi) is 4.42. The molecule has 2 nitrogen and oxygen atoms in total. The molecular weight excluding hydrogens is 286 g/mol. The molecule has 0 amide bonds. The molecule has 2 aromatic rings. The zero-order valence-corrected chi connectivity index (χ0v) is 11.8. The van der Waals surface area contributed by atoms with Gasteiger partial charge in [-0.2, -0.15) is 0 Å². The molecule has 0 aliphatic carbocycles. The Morgan fingerprint density at radius 2 is 1.84 bits per heavy atom. The maximum Gasteiger partial charge on any atom is 0.123 e. The fourth-order valence-corrected chi connectivity index (χ4v) is 2.33. The lowest BCUT2D eigenvalue weighted by Gasteiger charge is -2.19. The van der Waals surface area contributed by atoms with Gasteiger partial charge in [-0.3, -0.25) is 5.84 Å². The zero-order chi connectivity index (χ0) is 14.0. The highest BCUT2D eigenvalue weighted by Gasteiger charge is 2.16. The molecule has 100 valence electrons. The van der Waals surface area contributed by atoms with Gasteiger partial charge in [0.15, 0.2) is 0 Å². The van der Waals surface area contributed by atoms with Gasteiger partial charge in [-0.25, -0.2) is 9.82 Å². The van der Waals surface area contributed by atoms with Crippen molar-refractivity contribution in [2.45, 2.75) is 13.0 Å². The van der Waals surface area contributed by atoms with Crippen LogP contribution in [0.2, 0.25) is 10.0 Å². The van der Waals surface area contributed by atoms with Crippen LogP contribution in [0.25, 0.3) is 0 Å². The Bertz CT molecular complexity index is 602. The van der Waals surface area contributed by atoms with E-state index in [2.05, 4.69) is 5.43 Å². The van der Waals surface area contributed by atoms with E-state index in [0.717, 1.165) is 16.7 Å². The highest BCUT2D eigenvalue weighted by atomic mass is 35.5. The molecule has 0 aromatic heterocycles. The summed E-state index contributed by atoms with van der Waals surface area (Å²) in [4.78, 5) is 0. The minimum Gasteiger partial charge on any atom is -0.271 e. The molecule has 0 fully saturated rings. The van der Waals surface area contributed by atoms with Gasteiger partial charge in [-0.05, 0) is 47.9 Å². The first-order chi connectivity index (χ1) is 9.02. The molecule has 0 heterocycles. The first-order valence-electron chi connectivity index (χ1n) is 5.70. The largest absolute Gasteiger partial charge is 0.271 e. The lowest BCUT2D eigenvalue weighted by atomic mass is 9.95. The van der Waals surface area contributed by atoms with E-state index in [1.54, 1.807) is 18.2 Å². The van der Waals surface area contributed by atoms with Gasteiger partial charge in [0.1, 0.15) is 5.82 Å². The van der Waals surface area contributed by atoms with Crippen molar-refractivity contribution in [1.82, 2.24) is 5.43 Å². The van der Waals surface area contributed by atoms with Crippen LogP contribution in [-0.2, 0) is 0 Å². The molecule has 0 aliphatic heterocycles. The van der Waals surface area contributed by atoms with Gasteiger partial charge in [0.25, 0.3) is 0 Å². The summed E-state index contributed by atoms with van der Waals surface area (Å²) in [5, 5.41) is 0.941. The van der Waals surface area contributed by atoms with Crippen molar-refractivity contribution < 1.29 is 4.39 Å². The van der Waals surface area contributed by atoms with E-state index in [-0.39, 0.29) is 11.9 Å². The molecule has 2 aromatic carbocycles. The molecule has 0 bridgehead atoms. The summed E-state index contributed by atoms with van der Waals surface area (Å²) in [7, 11) is 0. The molecule has 5 heteroatoms. The summed E-state index contributed by atoms with van der Waals surface area (Å²) in [5.74, 6) is 5.34. The number of hydrogen-bond acceptors (Lipinski definition) is 2. The van der Waals surface area contributed by atoms with Crippen LogP contribution >= 0.6 is 23.2 Å². The maximum absolute atomic E-state index is 13.1. The van der Waals surface area contributed by atoms with E-state index in [1.807, 2.05) is 13.0 Å². The number of nitrogens with one attached hydrogen (secondary N) is 1. The molecule has 3 N–H and O–H groups in total. The molecule has 0 spiro atoms.